The van der Waals surface area contributed by atoms with Crippen molar-refractivity contribution in [3.05, 3.63) is 0 Å². The van der Waals surface area contributed by atoms with E-state index in [1.807, 2.05) is 0 Å². The molecular formula is C11H20. The first kappa shape index (κ1) is 7.64. The highest BCUT2D eigenvalue weighted by molar-refractivity contribution is 4.82. The lowest BCUT2D eigenvalue weighted by Gasteiger charge is -2.39. The van der Waals surface area contributed by atoms with Gasteiger partial charge in [0.1, 0.15) is 0 Å². The largest absolute Gasteiger partial charge is 0.0651 e. The molecule has 2 saturated carbocycles. The van der Waals surface area contributed by atoms with Crippen LogP contribution in [0, 0.1) is 17.8 Å². The summed E-state index contributed by atoms with van der Waals surface area (Å²) in [4.78, 5) is 0. The second-order valence-corrected chi connectivity index (χ2v) is 4.64. The fourth-order valence-electron chi connectivity index (χ4n) is 2.60. The molecule has 2 rings (SSSR count). The molecule has 0 unspecified atom stereocenters. The first-order valence-electron chi connectivity index (χ1n) is 5.38. The van der Waals surface area contributed by atoms with Crippen LogP contribution in [0.15, 0.2) is 0 Å². The Bertz CT molecular complexity index is 118. The zero-order chi connectivity index (χ0) is 7.68. The van der Waals surface area contributed by atoms with Crippen molar-refractivity contribution in [2.45, 2.75) is 51.9 Å². The zero-order valence-electron chi connectivity index (χ0n) is 7.68. The molecule has 0 bridgehead atoms. The van der Waals surface area contributed by atoms with E-state index in [-0.39, 0.29) is 0 Å². The third-order valence-electron chi connectivity index (χ3n) is 3.80. The molecule has 0 saturated heterocycles. The van der Waals surface area contributed by atoms with Crippen molar-refractivity contribution >= 4 is 0 Å². The molecule has 0 amide bonds. The molecule has 2 fully saturated rings. The van der Waals surface area contributed by atoms with Gasteiger partial charge in [-0.25, -0.2) is 0 Å². The van der Waals surface area contributed by atoms with Crippen LogP contribution in [0.3, 0.4) is 0 Å². The monoisotopic (exact) mass is 152 g/mol. The predicted molar refractivity (Wildman–Crippen MR) is 48.5 cm³/mol. The average molecular weight is 152 g/mol. The molecule has 0 nitrogen and oxygen atoms in total. The molecule has 0 aliphatic heterocycles. The molecule has 0 N–H and O–H groups in total. The molecular weight excluding hydrogens is 132 g/mol. The Morgan fingerprint density at radius 3 is 2.18 bits per heavy atom. The third kappa shape index (κ3) is 1.60. The third-order valence-corrected chi connectivity index (χ3v) is 3.80. The van der Waals surface area contributed by atoms with E-state index in [1.54, 1.807) is 32.1 Å². The summed E-state index contributed by atoms with van der Waals surface area (Å²) in [5.41, 5.74) is 0. The summed E-state index contributed by atoms with van der Waals surface area (Å²) in [5, 5.41) is 0. The van der Waals surface area contributed by atoms with Crippen molar-refractivity contribution in [1.29, 1.82) is 0 Å². The van der Waals surface area contributed by atoms with E-state index >= 15 is 0 Å². The second kappa shape index (κ2) is 3.16. The summed E-state index contributed by atoms with van der Waals surface area (Å²) in [6.07, 6.45) is 10.8. The summed E-state index contributed by atoms with van der Waals surface area (Å²) in [6, 6.07) is 0. The molecule has 2 aliphatic rings. The van der Waals surface area contributed by atoms with Crippen LogP contribution in [-0.2, 0) is 0 Å². The molecule has 0 heterocycles. The Hall–Kier alpha value is 0. The van der Waals surface area contributed by atoms with Gasteiger partial charge in [-0.3, -0.25) is 0 Å². The Kier molecular flexibility index (Phi) is 2.20. The summed E-state index contributed by atoms with van der Waals surface area (Å²) >= 11 is 0. The Balaban J connectivity index is 1.59. The van der Waals surface area contributed by atoms with Crippen molar-refractivity contribution in [1.82, 2.24) is 0 Å². The molecule has 2 aliphatic carbocycles. The van der Waals surface area contributed by atoms with Crippen LogP contribution in [-0.4, -0.2) is 0 Å². The fraction of sp³-hybridized carbons (Fsp3) is 1.00. The molecule has 11 heavy (non-hydrogen) atoms. The minimum atomic E-state index is 1.11. The van der Waals surface area contributed by atoms with E-state index in [9.17, 15) is 0 Å². The van der Waals surface area contributed by atoms with Gasteiger partial charge in [-0.1, -0.05) is 32.6 Å². The number of rotatable bonds is 3. The van der Waals surface area contributed by atoms with Crippen molar-refractivity contribution in [2.24, 2.45) is 17.8 Å². The molecule has 0 aromatic carbocycles. The maximum absolute atomic E-state index is 2.34. The van der Waals surface area contributed by atoms with Crippen LogP contribution in [0.25, 0.3) is 0 Å². The minimum Gasteiger partial charge on any atom is -0.0651 e. The Morgan fingerprint density at radius 1 is 1.00 bits per heavy atom. The molecule has 0 aromatic rings. The van der Waals surface area contributed by atoms with Gasteiger partial charge in [0, 0.05) is 0 Å². The molecule has 0 spiro atoms. The summed E-state index contributed by atoms with van der Waals surface area (Å²) in [7, 11) is 0. The van der Waals surface area contributed by atoms with Crippen LogP contribution in [0.4, 0.5) is 0 Å². The van der Waals surface area contributed by atoms with Gasteiger partial charge in [-0.05, 0) is 37.0 Å². The van der Waals surface area contributed by atoms with E-state index in [2.05, 4.69) is 6.92 Å². The highest BCUT2D eigenvalue weighted by atomic mass is 14.4. The summed E-state index contributed by atoms with van der Waals surface area (Å²) < 4.78 is 0. The van der Waals surface area contributed by atoms with Crippen molar-refractivity contribution in [2.75, 3.05) is 0 Å². The van der Waals surface area contributed by atoms with Gasteiger partial charge in [0.15, 0.2) is 0 Å². The summed E-state index contributed by atoms with van der Waals surface area (Å²) in [6.45, 7) is 2.34. The number of hydrogen-bond acceptors (Lipinski definition) is 0. The molecule has 0 radical (unpaired) electrons. The van der Waals surface area contributed by atoms with Gasteiger partial charge >= 0.3 is 0 Å². The second-order valence-electron chi connectivity index (χ2n) is 4.64. The average Bonchev–Trinajstić information content (AvgIpc) is 1.81. The Morgan fingerprint density at radius 2 is 1.73 bits per heavy atom. The predicted octanol–water partition coefficient (Wildman–Crippen LogP) is 3.61. The van der Waals surface area contributed by atoms with Crippen molar-refractivity contribution in [3.63, 3.8) is 0 Å². The van der Waals surface area contributed by atoms with Crippen LogP contribution in [0.1, 0.15) is 51.9 Å². The van der Waals surface area contributed by atoms with Crippen molar-refractivity contribution < 1.29 is 0 Å². The number of hydrogen-bond donors (Lipinski definition) is 0. The Labute approximate surface area is 70.4 Å². The van der Waals surface area contributed by atoms with E-state index in [4.69, 9.17) is 0 Å². The topological polar surface area (TPSA) is 0 Å². The van der Waals surface area contributed by atoms with E-state index in [0.717, 1.165) is 17.8 Å². The zero-order valence-corrected chi connectivity index (χ0v) is 7.68. The molecule has 0 atom stereocenters. The quantitative estimate of drug-likeness (QED) is 0.579. The van der Waals surface area contributed by atoms with Gasteiger partial charge in [0.05, 0.1) is 0 Å². The summed E-state index contributed by atoms with van der Waals surface area (Å²) in [5.74, 6) is 3.41. The van der Waals surface area contributed by atoms with Crippen LogP contribution in [0.2, 0.25) is 0 Å². The lowest BCUT2D eigenvalue weighted by Crippen LogP contribution is -2.27. The lowest BCUT2D eigenvalue weighted by atomic mass is 9.67. The lowest BCUT2D eigenvalue weighted by molar-refractivity contribution is 0.127. The van der Waals surface area contributed by atoms with Crippen molar-refractivity contribution in [3.8, 4) is 0 Å². The molecule has 64 valence electrons. The normalized spacial score (nSPS) is 37.9. The molecule has 0 aromatic heterocycles. The van der Waals surface area contributed by atoms with E-state index < -0.39 is 0 Å². The SMILES string of the molecule is CCC1CC(CC2CCC2)C1. The fourth-order valence-corrected chi connectivity index (χ4v) is 2.60. The minimum absolute atomic E-state index is 1.11. The van der Waals surface area contributed by atoms with Gasteiger partial charge in [-0.2, -0.15) is 0 Å². The van der Waals surface area contributed by atoms with Crippen LogP contribution < -0.4 is 0 Å². The van der Waals surface area contributed by atoms with E-state index in [1.165, 1.54) is 12.8 Å². The van der Waals surface area contributed by atoms with E-state index in [0.29, 0.717) is 0 Å². The van der Waals surface area contributed by atoms with Gasteiger partial charge < -0.3 is 0 Å². The smallest absolute Gasteiger partial charge is 0.0406 e. The first-order chi connectivity index (χ1) is 5.38. The molecule has 0 heteroatoms. The van der Waals surface area contributed by atoms with Crippen LogP contribution in [0.5, 0.6) is 0 Å². The maximum Gasteiger partial charge on any atom is -0.0406 e. The van der Waals surface area contributed by atoms with Gasteiger partial charge in [0.2, 0.25) is 0 Å². The van der Waals surface area contributed by atoms with Gasteiger partial charge in [-0.15, -0.1) is 0 Å². The van der Waals surface area contributed by atoms with Crippen LogP contribution >= 0.6 is 0 Å². The van der Waals surface area contributed by atoms with Gasteiger partial charge in [0.25, 0.3) is 0 Å². The highest BCUT2D eigenvalue weighted by Gasteiger charge is 2.31. The first-order valence-corrected chi connectivity index (χ1v) is 5.38. The highest BCUT2D eigenvalue weighted by Crippen LogP contribution is 2.43. The maximum atomic E-state index is 2.34. The standard InChI is InChI=1S/C11H20/c1-2-9-6-11(7-9)8-10-4-3-5-10/h9-11H,2-8H2,1H3.